The van der Waals surface area contributed by atoms with Crippen molar-refractivity contribution in [1.82, 2.24) is 5.06 Å². The van der Waals surface area contributed by atoms with Gasteiger partial charge in [-0.05, 0) is 62.0 Å². The molecule has 2 heterocycles. The summed E-state index contributed by atoms with van der Waals surface area (Å²) in [5.74, 6) is -1.41. The smallest absolute Gasteiger partial charge is 0.192 e. The molecular formula is C33H35F2NO6. The maximum atomic E-state index is 17.5. The van der Waals surface area contributed by atoms with Gasteiger partial charge in [0.15, 0.2) is 22.8 Å². The van der Waals surface area contributed by atoms with Crippen molar-refractivity contribution in [3.8, 4) is 11.3 Å². The zero-order chi connectivity index (χ0) is 29.7. The molecule has 2 aromatic rings. The van der Waals surface area contributed by atoms with Crippen molar-refractivity contribution in [1.29, 1.82) is 0 Å². The number of hydrogen-bond acceptors (Lipinski definition) is 7. The number of hydrogen-bond donors (Lipinski definition) is 2. The molecule has 0 radical (unpaired) electrons. The van der Waals surface area contributed by atoms with Crippen molar-refractivity contribution in [2.24, 2.45) is 28.6 Å². The molecule has 1 aromatic carbocycles. The fourth-order valence-electron chi connectivity index (χ4n) is 9.43. The average Bonchev–Trinajstić information content (AvgIpc) is 3.65. The Bertz CT molecular complexity index is 1500. The molecule has 5 aliphatic rings. The SMILES string of the molecule is C[C@]12C=CC(=O)C=C1[C@@H](F)C[C@H]1[C@@H]3C[C@H]4CN(Cc5ccc(-c6ccccc6)o5)O[C@@]4(C(=O)CO)[C@@]3(C)C[C@H](O)[C@@]12F. The van der Waals surface area contributed by atoms with Crippen LogP contribution >= 0.6 is 0 Å². The first-order valence-electron chi connectivity index (χ1n) is 14.7. The molecule has 42 heavy (non-hydrogen) atoms. The van der Waals surface area contributed by atoms with E-state index in [1.54, 1.807) is 12.0 Å². The van der Waals surface area contributed by atoms with Crippen molar-refractivity contribution in [2.45, 2.75) is 63.2 Å². The molecule has 222 valence electrons. The summed E-state index contributed by atoms with van der Waals surface area (Å²) < 4.78 is 39.3. The Balaban J connectivity index is 1.22. The lowest BCUT2D eigenvalue weighted by Crippen LogP contribution is -2.70. The van der Waals surface area contributed by atoms with E-state index >= 15 is 8.78 Å². The number of halogens is 2. The molecule has 9 atom stereocenters. The number of aliphatic hydroxyl groups is 2. The minimum Gasteiger partial charge on any atom is -0.460 e. The largest absolute Gasteiger partial charge is 0.460 e. The summed E-state index contributed by atoms with van der Waals surface area (Å²) in [6.07, 6.45) is 0.770. The molecule has 9 heteroatoms. The number of furan rings is 1. The first kappa shape index (κ1) is 27.8. The molecule has 0 amide bonds. The Morgan fingerprint density at radius 1 is 1.12 bits per heavy atom. The van der Waals surface area contributed by atoms with Crippen LogP contribution in [-0.2, 0) is 21.0 Å². The lowest BCUT2D eigenvalue weighted by atomic mass is 9.44. The fourth-order valence-corrected chi connectivity index (χ4v) is 9.43. The van der Waals surface area contributed by atoms with Crippen LogP contribution in [0.4, 0.5) is 8.78 Å². The van der Waals surface area contributed by atoms with E-state index in [2.05, 4.69) is 0 Å². The van der Waals surface area contributed by atoms with E-state index in [0.717, 1.165) is 5.56 Å². The number of nitrogens with zero attached hydrogens (tertiary/aromatic N) is 1. The van der Waals surface area contributed by atoms with Crippen LogP contribution in [0.15, 0.2) is 70.7 Å². The van der Waals surface area contributed by atoms with Gasteiger partial charge in [0.2, 0.25) is 0 Å². The van der Waals surface area contributed by atoms with Crippen LogP contribution in [0.5, 0.6) is 0 Å². The third-order valence-corrected chi connectivity index (χ3v) is 11.3. The Morgan fingerprint density at radius 3 is 2.62 bits per heavy atom. The Morgan fingerprint density at radius 2 is 1.88 bits per heavy atom. The maximum Gasteiger partial charge on any atom is 0.192 e. The van der Waals surface area contributed by atoms with Gasteiger partial charge in [0, 0.05) is 34.8 Å². The highest BCUT2D eigenvalue weighted by atomic mass is 19.1. The van der Waals surface area contributed by atoms with E-state index in [9.17, 15) is 19.8 Å². The van der Waals surface area contributed by atoms with Crippen LogP contribution in [-0.4, -0.2) is 63.5 Å². The van der Waals surface area contributed by atoms with E-state index in [0.29, 0.717) is 24.5 Å². The molecule has 7 nitrogen and oxygen atoms in total. The molecule has 1 saturated heterocycles. The minimum atomic E-state index is -2.24. The van der Waals surface area contributed by atoms with Crippen LogP contribution in [0.1, 0.15) is 38.9 Å². The summed E-state index contributed by atoms with van der Waals surface area (Å²) >= 11 is 0. The van der Waals surface area contributed by atoms with Crippen LogP contribution in [0.2, 0.25) is 0 Å². The van der Waals surface area contributed by atoms with Crippen molar-refractivity contribution in [3.63, 3.8) is 0 Å². The summed E-state index contributed by atoms with van der Waals surface area (Å²) in [4.78, 5) is 32.3. The van der Waals surface area contributed by atoms with Crippen molar-refractivity contribution in [3.05, 3.63) is 72.0 Å². The molecule has 0 unspecified atom stereocenters. The molecule has 1 aromatic heterocycles. The molecule has 7 rings (SSSR count). The second kappa shape index (κ2) is 9.26. The minimum absolute atomic E-state index is 0.0616. The highest BCUT2D eigenvalue weighted by Gasteiger charge is 2.79. The van der Waals surface area contributed by atoms with Gasteiger partial charge in [-0.2, -0.15) is 5.06 Å². The van der Waals surface area contributed by atoms with E-state index < -0.39 is 70.3 Å². The summed E-state index contributed by atoms with van der Waals surface area (Å²) in [5.41, 5.74) is -5.34. The Kier molecular flexibility index (Phi) is 6.13. The number of aliphatic hydroxyl groups excluding tert-OH is 2. The second-order valence-corrected chi connectivity index (χ2v) is 13.2. The Hall–Kier alpha value is -2.98. The Labute approximate surface area is 242 Å². The number of rotatable bonds is 5. The number of ketones is 2. The first-order chi connectivity index (χ1) is 20.0. The number of benzene rings is 1. The summed E-state index contributed by atoms with van der Waals surface area (Å²) in [7, 11) is 0. The van der Waals surface area contributed by atoms with Gasteiger partial charge in [-0.1, -0.05) is 43.3 Å². The molecule has 4 aliphatic carbocycles. The predicted molar refractivity (Wildman–Crippen MR) is 148 cm³/mol. The molecular weight excluding hydrogens is 544 g/mol. The molecule has 1 aliphatic heterocycles. The van der Waals surface area contributed by atoms with Gasteiger partial charge >= 0.3 is 0 Å². The number of hydroxylamine groups is 2. The third kappa shape index (κ3) is 3.45. The quantitative estimate of drug-likeness (QED) is 0.537. The van der Waals surface area contributed by atoms with Gasteiger partial charge in [-0.3, -0.25) is 14.4 Å². The number of allylic oxidation sites excluding steroid dienone is 4. The molecule has 0 bridgehead atoms. The lowest BCUT2D eigenvalue weighted by molar-refractivity contribution is -0.270. The summed E-state index contributed by atoms with van der Waals surface area (Å²) in [6, 6.07) is 13.4. The van der Waals surface area contributed by atoms with E-state index in [1.807, 2.05) is 49.4 Å². The van der Waals surface area contributed by atoms with E-state index in [-0.39, 0.29) is 25.0 Å². The average molecular weight is 580 g/mol. The van der Waals surface area contributed by atoms with E-state index in [4.69, 9.17) is 9.25 Å². The monoisotopic (exact) mass is 579 g/mol. The fraction of sp³-hybridized carbons (Fsp3) is 0.515. The number of Topliss-reactive ketones (excluding diaryl/α,β-unsaturated/α-hetero) is 1. The number of alkyl halides is 2. The highest BCUT2D eigenvalue weighted by Crippen LogP contribution is 2.72. The number of carbonyl (C=O) groups excluding carboxylic acids is 2. The number of fused-ring (bicyclic) bond motifs is 7. The van der Waals surface area contributed by atoms with Crippen LogP contribution < -0.4 is 0 Å². The van der Waals surface area contributed by atoms with E-state index in [1.165, 1.54) is 18.2 Å². The van der Waals surface area contributed by atoms with Gasteiger partial charge in [0.25, 0.3) is 0 Å². The summed E-state index contributed by atoms with van der Waals surface area (Å²) in [6.45, 7) is 3.19. The van der Waals surface area contributed by atoms with Crippen molar-refractivity contribution >= 4 is 11.6 Å². The standard InChI is InChI=1S/C33H35F2NO6/c1-30-11-10-21(38)13-25(30)26(34)14-24-23-12-20-16-36(17-22-8-9-27(41-22)19-6-4-3-5-7-19)42-33(20,29(40)18-37)31(23,2)15-28(39)32(24,30)35/h3-11,13,20,23-24,26,28,37,39H,12,14-18H2,1-2H3/t20-,23-,24-,26-,28-,30-,31-,32-,33-/m0/s1. The zero-order valence-electron chi connectivity index (χ0n) is 23.6. The second-order valence-electron chi connectivity index (χ2n) is 13.2. The molecule has 2 N–H and O–H groups in total. The van der Waals surface area contributed by atoms with Crippen molar-refractivity contribution in [2.75, 3.05) is 13.2 Å². The zero-order valence-corrected chi connectivity index (χ0v) is 23.6. The van der Waals surface area contributed by atoms with Gasteiger partial charge in [-0.15, -0.1) is 0 Å². The lowest BCUT2D eigenvalue weighted by Gasteiger charge is -2.63. The van der Waals surface area contributed by atoms with Gasteiger partial charge in [-0.25, -0.2) is 8.78 Å². The molecule has 0 spiro atoms. The predicted octanol–water partition coefficient (Wildman–Crippen LogP) is 4.54. The molecule has 4 fully saturated rings. The van der Waals surface area contributed by atoms with Crippen LogP contribution in [0.25, 0.3) is 11.3 Å². The van der Waals surface area contributed by atoms with Gasteiger partial charge < -0.3 is 14.6 Å². The topological polar surface area (TPSA) is 100 Å². The van der Waals surface area contributed by atoms with Gasteiger partial charge in [0.05, 0.1) is 12.6 Å². The van der Waals surface area contributed by atoms with Crippen molar-refractivity contribution < 1.29 is 37.8 Å². The first-order valence-corrected chi connectivity index (χ1v) is 14.7. The molecule has 3 saturated carbocycles. The normalized spacial score (nSPS) is 42.5. The van der Waals surface area contributed by atoms with Crippen LogP contribution in [0.3, 0.4) is 0 Å². The number of carbonyl (C=O) groups is 2. The van der Waals surface area contributed by atoms with Gasteiger partial charge in [0.1, 0.15) is 24.3 Å². The van der Waals surface area contributed by atoms with Crippen LogP contribution in [0, 0.1) is 28.6 Å². The maximum absolute atomic E-state index is 17.5. The summed E-state index contributed by atoms with van der Waals surface area (Å²) in [5, 5.41) is 23.4. The highest BCUT2D eigenvalue weighted by molar-refractivity contribution is 6.01. The third-order valence-electron chi connectivity index (χ3n) is 11.3.